The Morgan fingerprint density at radius 3 is 2.43 bits per heavy atom. The molecule has 4 rings (SSSR count). The van der Waals surface area contributed by atoms with E-state index in [9.17, 15) is 9.59 Å². The van der Waals surface area contributed by atoms with E-state index in [4.69, 9.17) is 4.98 Å². The summed E-state index contributed by atoms with van der Waals surface area (Å²) in [5.41, 5.74) is 2.62. The average molecular weight is 474 g/mol. The molecule has 0 saturated heterocycles. The molecule has 0 aliphatic heterocycles. The molecule has 5 heteroatoms. The third kappa shape index (κ3) is 5.50. The van der Waals surface area contributed by atoms with Gasteiger partial charge in [-0.2, -0.15) is 0 Å². The van der Waals surface area contributed by atoms with Gasteiger partial charge in [-0.3, -0.25) is 14.2 Å². The standard InChI is InChI=1S/C30H39N3O2/c1-4-6-7-12-21-32(29(34)24-13-8-9-14-24)22(3)28-31-27-16-11-10-15-26(27)30(35)33(28)25-19-17-23(5-2)18-20-25/h10-11,15-20,22,24H,4-9,12-14,21H2,1-3H3. The van der Waals surface area contributed by atoms with Gasteiger partial charge in [-0.25, -0.2) is 4.98 Å². The van der Waals surface area contributed by atoms with Crippen LogP contribution >= 0.6 is 0 Å². The minimum absolute atomic E-state index is 0.0825. The van der Waals surface area contributed by atoms with Crippen LogP contribution in [0.2, 0.25) is 0 Å². The first kappa shape index (κ1) is 25.2. The van der Waals surface area contributed by atoms with Gasteiger partial charge >= 0.3 is 0 Å². The number of hydrogen-bond donors (Lipinski definition) is 0. The number of aryl methyl sites for hydroxylation is 1. The van der Waals surface area contributed by atoms with Crippen LogP contribution in [0.5, 0.6) is 0 Å². The Morgan fingerprint density at radius 2 is 1.74 bits per heavy atom. The number of carbonyl (C=O) groups is 1. The lowest BCUT2D eigenvalue weighted by Gasteiger charge is -2.32. The van der Waals surface area contributed by atoms with E-state index in [2.05, 4.69) is 26.0 Å². The van der Waals surface area contributed by atoms with E-state index in [0.29, 0.717) is 23.3 Å². The molecule has 1 unspecified atom stereocenters. The fourth-order valence-electron chi connectivity index (χ4n) is 5.31. The molecule has 1 saturated carbocycles. The third-order valence-electron chi connectivity index (χ3n) is 7.49. The maximum Gasteiger partial charge on any atom is 0.266 e. The number of fused-ring (bicyclic) bond motifs is 1. The van der Waals surface area contributed by atoms with Gasteiger partial charge in [0.1, 0.15) is 5.82 Å². The second-order valence-corrected chi connectivity index (χ2v) is 9.90. The van der Waals surface area contributed by atoms with Crippen molar-refractivity contribution in [3.63, 3.8) is 0 Å². The Kier molecular flexibility index (Phi) is 8.37. The zero-order valence-electron chi connectivity index (χ0n) is 21.5. The van der Waals surface area contributed by atoms with E-state index in [1.807, 2.05) is 48.2 Å². The Bertz CT molecular complexity index is 1190. The number of aromatic nitrogens is 2. The highest BCUT2D eigenvalue weighted by Crippen LogP contribution is 2.31. The number of benzene rings is 2. The first-order chi connectivity index (χ1) is 17.0. The zero-order valence-corrected chi connectivity index (χ0v) is 21.5. The number of carbonyl (C=O) groups excluding carboxylic acids is 1. The second-order valence-electron chi connectivity index (χ2n) is 9.90. The van der Waals surface area contributed by atoms with Crippen molar-refractivity contribution in [2.24, 2.45) is 5.92 Å². The molecule has 1 heterocycles. The molecule has 0 N–H and O–H groups in total. The SMILES string of the molecule is CCCCCCN(C(=O)C1CCCC1)C(C)c1nc2ccccc2c(=O)n1-c1ccc(CC)cc1. The van der Waals surface area contributed by atoms with Gasteiger partial charge in [-0.15, -0.1) is 0 Å². The molecule has 2 aromatic carbocycles. The molecular weight excluding hydrogens is 434 g/mol. The quantitative estimate of drug-likeness (QED) is 0.311. The van der Waals surface area contributed by atoms with Gasteiger partial charge in [0.2, 0.25) is 5.91 Å². The van der Waals surface area contributed by atoms with Crippen LogP contribution in [0.4, 0.5) is 0 Å². The molecule has 0 spiro atoms. The summed E-state index contributed by atoms with van der Waals surface area (Å²) in [7, 11) is 0. The maximum atomic E-state index is 13.8. The number of para-hydroxylation sites is 1. The van der Waals surface area contributed by atoms with E-state index in [0.717, 1.165) is 57.1 Å². The van der Waals surface area contributed by atoms with Crippen molar-refractivity contribution in [2.75, 3.05) is 6.54 Å². The molecule has 3 aromatic rings. The summed E-state index contributed by atoms with van der Waals surface area (Å²) in [4.78, 5) is 34.5. The van der Waals surface area contributed by atoms with Crippen molar-refractivity contribution in [3.05, 3.63) is 70.3 Å². The molecule has 1 atom stereocenters. The Balaban J connectivity index is 1.80. The number of amides is 1. The summed E-state index contributed by atoms with van der Waals surface area (Å²) >= 11 is 0. The van der Waals surface area contributed by atoms with Gasteiger partial charge in [-0.1, -0.05) is 70.2 Å². The lowest BCUT2D eigenvalue weighted by molar-refractivity contribution is -0.137. The van der Waals surface area contributed by atoms with Crippen molar-refractivity contribution < 1.29 is 4.79 Å². The molecule has 1 aromatic heterocycles. The monoisotopic (exact) mass is 473 g/mol. The molecule has 0 bridgehead atoms. The molecule has 1 aliphatic rings. The first-order valence-electron chi connectivity index (χ1n) is 13.5. The highest BCUT2D eigenvalue weighted by molar-refractivity contribution is 5.80. The van der Waals surface area contributed by atoms with Crippen molar-refractivity contribution in [1.29, 1.82) is 0 Å². The van der Waals surface area contributed by atoms with Crippen molar-refractivity contribution in [1.82, 2.24) is 14.5 Å². The number of unbranched alkanes of at least 4 members (excludes halogenated alkanes) is 3. The first-order valence-corrected chi connectivity index (χ1v) is 13.5. The normalized spacial score (nSPS) is 14.9. The topological polar surface area (TPSA) is 55.2 Å². The van der Waals surface area contributed by atoms with Gasteiger partial charge in [0.15, 0.2) is 0 Å². The number of hydrogen-bond acceptors (Lipinski definition) is 3. The summed E-state index contributed by atoms with van der Waals surface area (Å²) in [5, 5.41) is 0.597. The van der Waals surface area contributed by atoms with Crippen LogP contribution in [0.15, 0.2) is 53.3 Å². The summed E-state index contributed by atoms with van der Waals surface area (Å²) in [5.74, 6) is 0.953. The molecule has 186 valence electrons. The van der Waals surface area contributed by atoms with E-state index < -0.39 is 0 Å². The fraction of sp³-hybridized carbons (Fsp3) is 0.500. The van der Waals surface area contributed by atoms with Crippen molar-refractivity contribution >= 4 is 16.8 Å². The summed E-state index contributed by atoms with van der Waals surface area (Å²) in [6.45, 7) is 7.07. The molecule has 1 amide bonds. The van der Waals surface area contributed by atoms with Crippen LogP contribution in [-0.2, 0) is 11.2 Å². The predicted molar refractivity (Wildman–Crippen MR) is 143 cm³/mol. The molecule has 0 radical (unpaired) electrons. The summed E-state index contributed by atoms with van der Waals surface area (Å²) < 4.78 is 1.73. The lowest BCUT2D eigenvalue weighted by Crippen LogP contribution is -2.40. The number of rotatable bonds is 10. The highest BCUT2D eigenvalue weighted by Gasteiger charge is 2.32. The van der Waals surface area contributed by atoms with Crippen LogP contribution in [-0.4, -0.2) is 26.9 Å². The van der Waals surface area contributed by atoms with Crippen molar-refractivity contribution in [2.45, 2.75) is 84.6 Å². The lowest BCUT2D eigenvalue weighted by atomic mass is 10.0. The Morgan fingerprint density at radius 1 is 1.03 bits per heavy atom. The van der Waals surface area contributed by atoms with E-state index >= 15 is 0 Å². The number of nitrogens with zero attached hydrogens (tertiary/aromatic N) is 3. The van der Waals surface area contributed by atoms with Gasteiger partial charge in [0.05, 0.1) is 22.6 Å². The predicted octanol–water partition coefficient (Wildman–Crippen LogP) is 6.61. The molecule has 35 heavy (non-hydrogen) atoms. The van der Waals surface area contributed by atoms with Crippen LogP contribution in [0.25, 0.3) is 16.6 Å². The summed E-state index contributed by atoms with van der Waals surface area (Å²) in [6.07, 6.45) is 9.52. The van der Waals surface area contributed by atoms with Crippen LogP contribution in [0, 0.1) is 5.92 Å². The van der Waals surface area contributed by atoms with E-state index in [1.54, 1.807) is 4.57 Å². The average Bonchev–Trinajstić information content (AvgIpc) is 3.43. The largest absolute Gasteiger partial charge is 0.333 e. The molecular formula is C30H39N3O2. The Labute approximate surface area is 209 Å². The van der Waals surface area contributed by atoms with Gasteiger partial charge in [0.25, 0.3) is 5.56 Å². The van der Waals surface area contributed by atoms with Crippen LogP contribution in [0.1, 0.15) is 89.6 Å². The second kappa shape index (κ2) is 11.7. The molecule has 5 nitrogen and oxygen atoms in total. The van der Waals surface area contributed by atoms with Gasteiger partial charge in [-0.05, 0) is 62.4 Å². The van der Waals surface area contributed by atoms with E-state index in [1.165, 1.54) is 12.0 Å². The summed E-state index contributed by atoms with van der Waals surface area (Å²) in [6, 6.07) is 15.3. The molecule has 1 aliphatic carbocycles. The van der Waals surface area contributed by atoms with Crippen LogP contribution in [0.3, 0.4) is 0 Å². The Hall–Kier alpha value is -2.95. The highest BCUT2D eigenvalue weighted by atomic mass is 16.2. The minimum Gasteiger partial charge on any atom is -0.333 e. The van der Waals surface area contributed by atoms with Gasteiger partial charge in [0, 0.05) is 12.5 Å². The zero-order chi connectivity index (χ0) is 24.8. The fourth-order valence-corrected chi connectivity index (χ4v) is 5.31. The smallest absolute Gasteiger partial charge is 0.266 e. The minimum atomic E-state index is -0.298. The molecule has 1 fully saturated rings. The van der Waals surface area contributed by atoms with Gasteiger partial charge < -0.3 is 4.90 Å². The third-order valence-corrected chi connectivity index (χ3v) is 7.49. The van der Waals surface area contributed by atoms with Crippen molar-refractivity contribution in [3.8, 4) is 5.69 Å². The van der Waals surface area contributed by atoms with Crippen LogP contribution < -0.4 is 5.56 Å². The maximum absolute atomic E-state index is 13.8. The van der Waals surface area contributed by atoms with E-state index in [-0.39, 0.29) is 23.4 Å².